The molecule has 0 spiro atoms. The number of carbonyl (C=O) groups excluding carboxylic acids is 2. The molecule has 0 saturated carbocycles. The van der Waals surface area contributed by atoms with Crippen LogP contribution in [-0.2, 0) is 14.3 Å². The molecule has 0 bridgehead atoms. The van der Waals surface area contributed by atoms with E-state index in [1.165, 1.54) is 6.20 Å². The third-order valence-corrected chi connectivity index (χ3v) is 1.82. The molecule has 1 heterocycles. The van der Waals surface area contributed by atoms with Crippen LogP contribution in [0.3, 0.4) is 0 Å². The van der Waals surface area contributed by atoms with Gasteiger partial charge in [-0.3, -0.25) is 10.1 Å². The van der Waals surface area contributed by atoms with Crippen LogP contribution in [-0.4, -0.2) is 29.8 Å². The van der Waals surface area contributed by atoms with Gasteiger partial charge in [-0.25, -0.2) is 9.78 Å². The van der Waals surface area contributed by atoms with Crippen molar-refractivity contribution in [3.8, 4) is 0 Å². The van der Waals surface area contributed by atoms with Crippen LogP contribution in [0.25, 0.3) is 0 Å². The van der Waals surface area contributed by atoms with Gasteiger partial charge in [-0.2, -0.15) is 0 Å². The molecule has 1 aromatic heterocycles. The lowest BCUT2D eigenvalue weighted by Gasteiger charge is -2.19. The number of ether oxygens (including phenoxy) is 2. The van der Waals surface area contributed by atoms with Gasteiger partial charge in [0.2, 0.25) is 0 Å². The maximum absolute atomic E-state index is 11.3. The molecular formula is C13H19ClN2O4. The Morgan fingerprint density at radius 3 is 2.55 bits per heavy atom. The Bertz CT molecular complexity index is 433. The molecule has 112 valence electrons. The van der Waals surface area contributed by atoms with Crippen molar-refractivity contribution in [1.82, 2.24) is 4.98 Å². The zero-order valence-electron chi connectivity index (χ0n) is 12.0. The number of carbonyl (C=O) groups is 2. The van der Waals surface area contributed by atoms with E-state index in [1.807, 2.05) is 0 Å². The molecule has 0 unspecified atom stereocenters. The van der Waals surface area contributed by atoms with Gasteiger partial charge in [-0.1, -0.05) is 11.6 Å². The molecule has 0 aliphatic heterocycles. The fraction of sp³-hybridized carbons (Fsp3) is 0.462. The number of anilines is 1. The lowest BCUT2D eigenvalue weighted by atomic mass is 10.2. The SMILES string of the molecule is CC(C)(C)OC(=O)Nc1cc(Cl)ccn1.CCOC=O. The predicted octanol–water partition coefficient (Wildman–Crippen LogP) is 3.26. The molecule has 1 rings (SSSR count). The smallest absolute Gasteiger partial charge is 0.413 e. The van der Waals surface area contributed by atoms with E-state index in [2.05, 4.69) is 15.0 Å². The molecule has 0 radical (unpaired) electrons. The maximum Gasteiger partial charge on any atom is 0.413 e. The van der Waals surface area contributed by atoms with E-state index in [4.69, 9.17) is 16.3 Å². The highest BCUT2D eigenvalue weighted by Crippen LogP contribution is 2.13. The van der Waals surface area contributed by atoms with E-state index in [0.29, 0.717) is 23.9 Å². The quantitative estimate of drug-likeness (QED) is 0.867. The highest BCUT2D eigenvalue weighted by Gasteiger charge is 2.16. The molecule has 0 aliphatic rings. The van der Waals surface area contributed by atoms with E-state index < -0.39 is 11.7 Å². The Balaban J connectivity index is 0.000000621. The van der Waals surface area contributed by atoms with Gasteiger partial charge in [0, 0.05) is 11.2 Å². The lowest BCUT2D eigenvalue weighted by molar-refractivity contribution is -0.128. The zero-order valence-corrected chi connectivity index (χ0v) is 12.7. The van der Waals surface area contributed by atoms with Gasteiger partial charge >= 0.3 is 6.09 Å². The van der Waals surface area contributed by atoms with Gasteiger partial charge in [-0.15, -0.1) is 0 Å². The number of nitrogens with one attached hydrogen (secondary N) is 1. The number of rotatable bonds is 3. The number of hydrogen-bond acceptors (Lipinski definition) is 5. The third kappa shape index (κ3) is 10.1. The van der Waals surface area contributed by atoms with E-state index in [9.17, 15) is 9.59 Å². The summed E-state index contributed by atoms with van der Waals surface area (Å²) in [5, 5.41) is 2.99. The Hall–Kier alpha value is -1.82. The van der Waals surface area contributed by atoms with Crippen LogP contribution in [0.5, 0.6) is 0 Å². The average Bonchev–Trinajstić information content (AvgIpc) is 2.28. The maximum atomic E-state index is 11.3. The molecule has 6 nitrogen and oxygen atoms in total. The minimum Gasteiger partial charge on any atom is -0.468 e. The van der Waals surface area contributed by atoms with Gasteiger partial charge in [0.05, 0.1) is 6.61 Å². The summed E-state index contributed by atoms with van der Waals surface area (Å²) in [4.78, 5) is 24.4. The topological polar surface area (TPSA) is 77.5 Å². The van der Waals surface area contributed by atoms with Crippen molar-refractivity contribution in [2.24, 2.45) is 0 Å². The van der Waals surface area contributed by atoms with Crippen molar-refractivity contribution >= 4 is 30.0 Å². The van der Waals surface area contributed by atoms with Crippen LogP contribution in [0, 0.1) is 0 Å². The zero-order chi connectivity index (χ0) is 15.6. The van der Waals surface area contributed by atoms with E-state index in [1.54, 1.807) is 39.8 Å². The summed E-state index contributed by atoms with van der Waals surface area (Å²) in [5.41, 5.74) is -0.525. The molecule has 1 aromatic rings. The number of nitrogens with zero attached hydrogens (tertiary/aromatic N) is 1. The summed E-state index contributed by atoms with van der Waals surface area (Å²) in [6, 6.07) is 3.17. The van der Waals surface area contributed by atoms with Gasteiger partial charge in [0.25, 0.3) is 6.47 Å². The second kappa shape index (κ2) is 9.14. The van der Waals surface area contributed by atoms with Crippen LogP contribution in [0.1, 0.15) is 27.7 Å². The molecule has 20 heavy (non-hydrogen) atoms. The first kappa shape index (κ1) is 18.2. The van der Waals surface area contributed by atoms with Crippen LogP contribution in [0.4, 0.5) is 10.6 Å². The standard InChI is InChI=1S/C10H13ClN2O2.C3H6O2/c1-10(2,3)15-9(14)13-8-6-7(11)4-5-12-8;1-2-5-3-4/h4-6H,1-3H3,(H,12,13,14);3H,2H2,1H3. The van der Waals surface area contributed by atoms with Crippen LogP contribution >= 0.6 is 11.6 Å². The Labute approximate surface area is 123 Å². The van der Waals surface area contributed by atoms with Crippen molar-refractivity contribution in [2.45, 2.75) is 33.3 Å². The molecule has 0 aliphatic carbocycles. The first-order chi connectivity index (χ1) is 9.28. The number of pyridine rings is 1. The predicted molar refractivity (Wildman–Crippen MR) is 76.8 cm³/mol. The first-order valence-corrected chi connectivity index (χ1v) is 6.33. The Morgan fingerprint density at radius 1 is 1.50 bits per heavy atom. The Morgan fingerprint density at radius 2 is 2.15 bits per heavy atom. The Kier molecular flexibility index (Phi) is 8.31. The number of amides is 1. The highest BCUT2D eigenvalue weighted by atomic mass is 35.5. The fourth-order valence-corrected chi connectivity index (χ4v) is 1.11. The van der Waals surface area contributed by atoms with Crippen LogP contribution < -0.4 is 5.32 Å². The van der Waals surface area contributed by atoms with Crippen molar-refractivity contribution in [3.05, 3.63) is 23.4 Å². The van der Waals surface area contributed by atoms with Crippen LogP contribution in [0.2, 0.25) is 5.02 Å². The van der Waals surface area contributed by atoms with Crippen molar-refractivity contribution in [3.63, 3.8) is 0 Å². The summed E-state index contributed by atoms with van der Waals surface area (Å²) < 4.78 is 9.20. The monoisotopic (exact) mass is 302 g/mol. The molecule has 1 amide bonds. The second-order valence-corrected chi connectivity index (χ2v) is 4.97. The van der Waals surface area contributed by atoms with E-state index in [0.717, 1.165) is 0 Å². The summed E-state index contributed by atoms with van der Waals surface area (Å²) in [7, 11) is 0. The highest BCUT2D eigenvalue weighted by molar-refractivity contribution is 6.30. The first-order valence-electron chi connectivity index (χ1n) is 5.95. The van der Waals surface area contributed by atoms with Crippen molar-refractivity contribution < 1.29 is 19.1 Å². The molecule has 1 N–H and O–H groups in total. The molecule has 0 atom stereocenters. The number of halogens is 1. The molecule has 0 saturated heterocycles. The van der Waals surface area contributed by atoms with E-state index in [-0.39, 0.29) is 0 Å². The van der Waals surface area contributed by atoms with Gasteiger partial charge in [-0.05, 0) is 39.8 Å². The largest absolute Gasteiger partial charge is 0.468 e. The lowest BCUT2D eigenvalue weighted by Crippen LogP contribution is -2.27. The van der Waals surface area contributed by atoms with Gasteiger partial charge in [0.1, 0.15) is 11.4 Å². The van der Waals surface area contributed by atoms with E-state index >= 15 is 0 Å². The van der Waals surface area contributed by atoms with Crippen LogP contribution in [0.15, 0.2) is 18.3 Å². The summed E-state index contributed by atoms with van der Waals surface area (Å²) in [5.74, 6) is 0.372. The summed E-state index contributed by atoms with van der Waals surface area (Å²) in [6.45, 7) is 8.03. The molecule has 0 aromatic carbocycles. The molecule has 7 heteroatoms. The molecule has 0 fully saturated rings. The van der Waals surface area contributed by atoms with Crippen molar-refractivity contribution in [1.29, 1.82) is 0 Å². The number of hydrogen-bond donors (Lipinski definition) is 1. The third-order valence-electron chi connectivity index (χ3n) is 1.59. The van der Waals surface area contributed by atoms with Gasteiger partial charge in [0.15, 0.2) is 0 Å². The minimum absolute atomic E-state index is 0.372. The minimum atomic E-state index is -0.544. The van der Waals surface area contributed by atoms with Gasteiger partial charge < -0.3 is 9.47 Å². The fourth-order valence-electron chi connectivity index (χ4n) is 0.949. The summed E-state index contributed by atoms with van der Waals surface area (Å²) in [6.07, 6.45) is 0.965. The summed E-state index contributed by atoms with van der Waals surface area (Å²) >= 11 is 5.73. The average molecular weight is 303 g/mol. The second-order valence-electron chi connectivity index (χ2n) is 4.54. The number of aromatic nitrogens is 1. The normalized spacial score (nSPS) is 9.85. The molecular weight excluding hydrogens is 284 g/mol. The van der Waals surface area contributed by atoms with Crippen molar-refractivity contribution in [2.75, 3.05) is 11.9 Å².